The molecular weight excluding hydrogens is 538 g/mol. The van der Waals surface area contributed by atoms with Crippen molar-refractivity contribution in [1.29, 1.82) is 0 Å². The number of halogens is 1. The van der Waals surface area contributed by atoms with Crippen LogP contribution in [0.1, 0.15) is 25.8 Å². The molecule has 0 saturated heterocycles. The molecule has 1 atom stereocenters. The van der Waals surface area contributed by atoms with Crippen LogP contribution in [0.25, 0.3) is 0 Å². The van der Waals surface area contributed by atoms with Crippen LogP contribution in [0, 0.1) is 0 Å². The molecule has 192 valence electrons. The monoisotopic (exact) mass is 569 g/mol. The van der Waals surface area contributed by atoms with Crippen LogP contribution < -0.4 is 19.1 Å². The third-order valence-electron chi connectivity index (χ3n) is 5.29. The summed E-state index contributed by atoms with van der Waals surface area (Å²) in [5, 5.41) is 2.80. The molecule has 11 heteroatoms. The van der Waals surface area contributed by atoms with E-state index in [-0.39, 0.29) is 23.9 Å². The number of ether oxygens (including phenoxy) is 2. The normalized spacial score (nSPS) is 11.9. The molecule has 9 nitrogen and oxygen atoms in total. The summed E-state index contributed by atoms with van der Waals surface area (Å²) in [5.74, 6) is -0.198. The van der Waals surface area contributed by atoms with E-state index in [9.17, 15) is 18.0 Å². The van der Waals surface area contributed by atoms with Crippen molar-refractivity contribution in [2.45, 2.75) is 32.9 Å². The molecule has 2 rings (SSSR count). The zero-order valence-electron chi connectivity index (χ0n) is 20.6. The zero-order valence-corrected chi connectivity index (χ0v) is 23.0. The summed E-state index contributed by atoms with van der Waals surface area (Å²) in [5.41, 5.74) is 0.945. The van der Waals surface area contributed by atoms with Crippen LogP contribution in [-0.2, 0) is 26.2 Å². The van der Waals surface area contributed by atoms with Gasteiger partial charge in [-0.3, -0.25) is 13.9 Å². The summed E-state index contributed by atoms with van der Waals surface area (Å²) in [6.45, 7) is 3.62. The molecule has 0 heterocycles. The zero-order chi connectivity index (χ0) is 26.2. The minimum Gasteiger partial charge on any atom is -0.497 e. The van der Waals surface area contributed by atoms with Crippen molar-refractivity contribution in [1.82, 2.24) is 10.2 Å². The van der Waals surface area contributed by atoms with E-state index in [1.165, 1.54) is 25.2 Å². The van der Waals surface area contributed by atoms with Crippen molar-refractivity contribution in [3.05, 3.63) is 52.5 Å². The van der Waals surface area contributed by atoms with Crippen LogP contribution in [0.5, 0.6) is 11.5 Å². The molecule has 0 fully saturated rings. The van der Waals surface area contributed by atoms with Gasteiger partial charge < -0.3 is 19.7 Å². The molecule has 0 aromatic heterocycles. The van der Waals surface area contributed by atoms with Gasteiger partial charge in [0.05, 0.1) is 26.2 Å². The Kier molecular flexibility index (Phi) is 10.4. The molecule has 0 spiro atoms. The summed E-state index contributed by atoms with van der Waals surface area (Å²) < 4.78 is 37.9. The van der Waals surface area contributed by atoms with Gasteiger partial charge in [0.25, 0.3) is 0 Å². The van der Waals surface area contributed by atoms with Crippen LogP contribution in [-0.4, -0.2) is 64.7 Å². The lowest BCUT2D eigenvalue weighted by molar-refractivity contribution is -0.139. The second-order valence-electron chi connectivity index (χ2n) is 7.93. The van der Waals surface area contributed by atoms with Crippen molar-refractivity contribution < 1.29 is 27.5 Å². The largest absolute Gasteiger partial charge is 0.497 e. The Labute approximate surface area is 215 Å². The Bertz CT molecular complexity index is 1140. The lowest BCUT2D eigenvalue weighted by atomic mass is 10.1. The average molecular weight is 571 g/mol. The van der Waals surface area contributed by atoms with E-state index in [1.807, 2.05) is 31.2 Å². The van der Waals surface area contributed by atoms with Crippen LogP contribution in [0.4, 0.5) is 5.69 Å². The third kappa shape index (κ3) is 7.86. The molecule has 0 radical (unpaired) electrons. The Balaban J connectivity index is 2.47. The SMILES string of the molecule is CCCNC(=O)C(C)N(Cc1cccc(Br)c1)C(=O)CN(c1cc(OC)ccc1OC)S(C)(=O)=O. The maximum absolute atomic E-state index is 13.6. The predicted molar refractivity (Wildman–Crippen MR) is 139 cm³/mol. The molecule has 0 aliphatic heterocycles. The first-order chi connectivity index (χ1) is 16.5. The van der Waals surface area contributed by atoms with Crippen LogP contribution in [0.3, 0.4) is 0 Å². The van der Waals surface area contributed by atoms with Crippen LogP contribution in [0.2, 0.25) is 0 Å². The number of carbonyl (C=O) groups excluding carboxylic acids is 2. The number of nitrogens with one attached hydrogen (secondary N) is 1. The second-order valence-corrected chi connectivity index (χ2v) is 10.7. The Hall–Kier alpha value is -2.79. The number of benzene rings is 2. The lowest BCUT2D eigenvalue weighted by Crippen LogP contribution is -2.51. The number of anilines is 1. The van der Waals surface area contributed by atoms with Crippen molar-refractivity contribution in [2.24, 2.45) is 0 Å². The van der Waals surface area contributed by atoms with E-state index in [0.717, 1.165) is 27.0 Å². The Morgan fingerprint density at radius 3 is 2.40 bits per heavy atom. The van der Waals surface area contributed by atoms with E-state index in [1.54, 1.807) is 19.1 Å². The summed E-state index contributed by atoms with van der Waals surface area (Å²) in [4.78, 5) is 27.7. The standard InChI is InChI=1S/C24H32BrN3O6S/c1-6-12-26-24(30)17(2)27(15-18-8-7-9-19(25)13-18)23(29)16-28(35(5,31)32)21-14-20(33-3)10-11-22(21)34-4/h7-11,13-14,17H,6,12,15-16H2,1-5H3,(H,26,30). The molecule has 2 amide bonds. The van der Waals surface area contributed by atoms with Gasteiger partial charge in [-0.05, 0) is 43.2 Å². The van der Waals surface area contributed by atoms with Gasteiger partial charge in [0.1, 0.15) is 24.1 Å². The van der Waals surface area contributed by atoms with Crippen LogP contribution in [0.15, 0.2) is 46.9 Å². The second kappa shape index (κ2) is 12.8. The maximum atomic E-state index is 13.6. The molecule has 2 aromatic carbocycles. The first-order valence-corrected chi connectivity index (χ1v) is 13.7. The van der Waals surface area contributed by atoms with Crippen molar-refractivity contribution in [3.63, 3.8) is 0 Å². The highest BCUT2D eigenvalue weighted by Crippen LogP contribution is 2.34. The summed E-state index contributed by atoms with van der Waals surface area (Å²) >= 11 is 3.42. The highest BCUT2D eigenvalue weighted by molar-refractivity contribution is 9.10. The molecular formula is C24H32BrN3O6S. The minimum absolute atomic E-state index is 0.117. The molecule has 0 aliphatic rings. The van der Waals surface area contributed by atoms with Crippen LogP contribution >= 0.6 is 15.9 Å². The van der Waals surface area contributed by atoms with Gasteiger partial charge in [-0.15, -0.1) is 0 Å². The fourth-order valence-electron chi connectivity index (χ4n) is 3.40. The molecule has 1 N–H and O–H groups in total. The summed E-state index contributed by atoms with van der Waals surface area (Å²) in [6, 6.07) is 11.2. The number of methoxy groups -OCH3 is 2. The minimum atomic E-state index is -3.90. The smallest absolute Gasteiger partial charge is 0.244 e. The van der Waals surface area contributed by atoms with E-state index < -0.39 is 28.5 Å². The van der Waals surface area contributed by atoms with Crippen molar-refractivity contribution in [2.75, 3.05) is 37.9 Å². The van der Waals surface area contributed by atoms with Gasteiger partial charge >= 0.3 is 0 Å². The Morgan fingerprint density at radius 1 is 1.11 bits per heavy atom. The number of amides is 2. The van der Waals surface area contributed by atoms with Gasteiger partial charge in [-0.25, -0.2) is 8.42 Å². The van der Waals surface area contributed by atoms with Gasteiger partial charge in [0.2, 0.25) is 21.8 Å². The number of carbonyl (C=O) groups is 2. The summed E-state index contributed by atoms with van der Waals surface area (Å²) in [7, 11) is -1.04. The van der Waals surface area contributed by atoms with E-state index >= 15 is 0 Å². The molecule has 2 aromatic rings. The number of hydrogen-bond donors (Lipinski definition) is 1. The van der Waals surface area contributed by atoms with E-state index in [4.69, 9.17) is 9.47 Å². The fraction of sp³-hybridized carbons (Fsp3) is 0.417. The first-order valence-electron chi connectivity index (χ1n) is 11.0. The molecule has 35 heavy (non-hydrogen) atoms. The average Bonchev–Trinajstić information content (AvgIpc) is 2.82. The van der Waals surface area contributed by atoms with Crippen molar-refractivity contribution >= 4 is 43.5 Å². The molecule has 0 saturated carbocycles. The highest BCUT2D eigenvalue weighted by Gasteiger charge is 2.31. The van der Waals surface area contributed by atoms with E-state index in [0.29, 0.717) is 12.3 Å². The quantitative estimate of drug-likeness (QED) is 0.421. The summed E-state index contributed by atoms with van der Waals surface area (Å²) in [6.07, 6.45) is 1.75. The van der Waals surface area contributed by atoms with Crippen molar-refractivity contribution in [3.8, 4) is 11.5 Å². The van der Waals surface area contributed by atoms with Gasteiger partial charge in [-0.2, -0.15) is 0 Å². The number of nitrogens with zero attached hydrogens (tertiary/aromatic N) is 2. The van der Waals surface area contributed by atoms with E-state index in [2.05, 4.69) is 21.2 Å². The molecule has 0 bridgehead atoms. The van der Waals surface area contributed by atoms with Gasteiger partial charge in [0, 0.05) is 23.6 Å². The number of sulfonamides is 1. The predicted octanol–water partition coefficient (Wildman–Crippen LogP) is 3.18. The lowest BCUT2D eigenvalue weighted by Gasteiger charge is -2.32. The maximum Gasteiger partial charge on any atom is 0.244 e. The third-order valence-corrected chi connectivity index (χ3v) is 6.91. The molecule has 0 aliphatic carbocycles. The topological polar surface area (TPSA) is 105 Å². The molecule has 1 unspecified atom stereocenters. The fourth-order valence-corrected chi connectivity index (χ4v) is 4.69. The number of hydrogen-bond acceptors (Lipinski definition) is 6. The van der Waals surface area contributed by atoms with Gasteiger partial charge in [-0.1, -0.05) is 35.0 Å². The highest BCUT2D eigenvalue weighted by atomic mass is 79.9. The van der Waals surface area contributed by atoms with Gasteiger partial charge in [0.15, 0.2) is 0 Å². The Morgan fingerprint density at radius 2 is 1.83 bits per heavy atom. The number of rotatable bonds is 12. The first kappa shape index (κ1) is 28.4.